The molecule has 172 valence electrons. The zero-order valence-electron chi connectivity index (χ0n) is 18.5. The van der Waals surface area contributed by atoms with Crippen molar-refractivity contribution in [2.75, 3.05) is 45.3 Å². The van der Waals surface area contributed by atoms with Gasteiger partial charge in [0.25, 0.3) is 11.8 Å². The molecule has 2 heterocycles. The van der Waals surface area contributed by atoms with Gasteiger partial charge in [0, 0.05) is 35.3 Å². The predicted octanol–water partition coefficient (Wildman–Crippen LogP) is 3.62. The number of methoxy groups -OCH3 is 1. The van der Waals surface area contributed by atoms with Gasteiger partial charge in [0.2, 0.25) is 0 Å². The van der Waals surface area contributed by atoms with E-state index in [1.165, 1.54) is 7.11 Å². The molecule has 0 unspecified atom stereocenters. The van der Waals surface area contributed by atoms with Crippen molar-refractivity contribution in [3.8, 4) is 22.8 Å². The Morgan fingerprint density at radius 2 is 1.97 bits per heavy atom. The minimum atomic E-state index is -0.282. The third-order valence-corrected chi connectivity index (χ3v) is 5.95. The smallest absolute Gasteiger partial charge is 0.260 e. The summed E-state index contributed by atoms with van der Waals surface area (Å²) < 4.78 is 16.3. The lowest BCUT2D eigenvalue weighted by Crippen LogP contribution is -2.43. The number of anilines is 1. The van der Waals surface area contributed by atoms with Gasteiger partial charge in [-0.3, -0.25) is 9.59 Å². The molecule has 8 nitrogen and oxygen atoms in total. The van der Waals surface area contributed by atoms with Gasteiger partial charge in [-0.2, -0.15) is 0 Å². The Hall–Kier alpha value is -3.43. The largest absolute Gasteiger partial charge is 0.493 e. The number of aryl methyl sites for hydroxylation is 1. The molecule has 9 heteroatoms. The maximum atomic E-state index is 12.8. The molecule has 1 saturated heterocycles. The summed E-state index contributed by atoms with van der Waals surface area (Å²) >= 11 is 1.58. The zero-order valence-corrected chi connectivity index (χ0v) is 19.3. The second kappa shape index (κ2) is 10.5. The van der Waals surface area contributed by atoms with Gasteiger partial charge in [-0.05, 0) is 37.3 Å². The van der Waals surface area contributed by atoms with Gasteiger partial charge in [-0.25, -0.2) is 4.98 Å². The Morgan fingerprint density at radius 3 is 2.70 bits per heavy atom. The highest BCUT2D eigenvalue weighted by Crippen LogP contribution is 2.29. The maximum Gasteiger partial charge on any atom is 0.260 e. The van der Waals surface area contributed by atoms with Gasteiger partial charge in [-0.1, -0.05) is 12.1 Å². The fraction of sp³-hybridized carbons (Fsp3) is 0.292. The second-order valence-electron chi connectivity index (χ2n) is 7.43. The number of rotatable bonds is 7. The number of nitrogens with one attached hydrogen (secondary N) is 1. The molecule has 0 radical (unpaired) electrons. The quantitative estimate of drug-likeness (QED) is 0.571. The van der Waals surface area contributed by atoms with Crippen LogP contribution in [-0.4, -0.2) is 61.7 Å². The summed E-state index contributed by atoms with van der Waals surface area (Å²) in [6.45, 7) is 4.03. The van der Waals surface area contributed by atoms with Crippen LogP contribution in [0.1, 0.15) is 15.4 Å². The van der Waals surface area contributed by atoms with E-state index in [1.807, 2.05) is 36.6 Å². The fourth-order valence-corrected chi connectivity index (χ4v) is 4.05. The number of morpholine rings is 1. The van der Waals surface area contributed by atoms with Crippen LogP contribution in [-0.2, 0) is 9.53 Å². The Morgan fingerprint density at radius 1 is 1.15 bits per heavy atom. The molecule has 3 aromatic rings. The third kappa shape index (κ3) is 5.68. The van der Waals surface area contributed by atoms with Crippen molar-refractivity contribution >= 4 is 28.8 Å². The van der Waals surface area contributed by atoms with Gasteiger partial charge in [-0.15, -0.1) is 11.3 Å². The van der Waals surface area contributed by atoms with Crippen LogP contribution in [0.3, 0.4) is 0 Å². The van der Waals surface area contributed by atoms with Crippen LogP contribution < -0.4 is 14.8 Å². The molecule has 2 amide bonds. The molecule has 0 spiro atoms. The third-order valence-electron chi connectivity index (χ3n) is 5.18. The molecule has 0 aliphatic carbocycles. The van der Waals surface area contributed by atoms with Crippen molar-refractivity contribution in [1.29, 1.82) is 0 Å². The molecular formula is C24H25N3O5S. The van der Waals surface area contributed by atoms with E-state index in [4.69, 9.17) is 14.2 Å². The molecule has 1 aliphatic heterocycles. The van der Waals surface area contributed by atoms with E-state index in [0.717, 1.165) is 16.3 Å². The van der Waals surface area contributed by atoms with Crippen molar-refractivity contribution in [3.63, 3.8) is 0 Å². The highest BCUT2D eigenvalue weighted by Gasteiger charge is 2.18. The van der Waals surface area contributed by atoms with E-state index < -0.39 is 0 Å². The van der Waals surface area contributed by atoms with E-state index in [9.17, 15) is 9.59 Å². The van der Waals surface area contributed by atoms with Crippen LogP contribution >= 0.6 is 11.3 Å². The van der Waals surface area contributed by atoms with E-state index in [2.05, 4.69) is 10.3 Å². The molecule has 33 heavy (non-hydrogen) atoms. The predicted molar refractivity (Wildman–Crippen MR) is 126 cm³/mol. The molecule has 4 rings (SSSR count). The normalized spacial score (nSPS) is 13.5. The van der Waals surface area contributed by atoms with Gasteiger partial charge >= 0.3 is 0 Å². The number of carbonyl (C=O) groups excluding carboxylic acids is 2. The van der Waals surface area contributed by atoms with Crippen molar-refractivity contribution in [1.82, 2.24) is 9.88 Å². The Bertz CT molecular complexity index is 1140. The lowest BCUT2D eigenvalue weighted by atomic mass is 10.1. The van der Waals surface area contributed by atoms with Gasteiger partial charge in [0.15, 0.2) is 18.1 Å². The molecule has 1 fully saturated rings. The number of carbonyl (C=O) groups is 2. The van der Waals surface area contributed by atoms with Crippen LogP contribution in [0.25, 0.3) is 11.3 Å². The second-order valence-corrected chi connectivity index (χ2v) is 8.50. The number of ether oxygens (including phenoxy) is 3. The first-order valence-electron chi connectivity index (χ1n) is 10.5. The van der Waals surface area contributed by atoms with Crippen molar-refractivity contribution < 1.29 is 23.8 Å². The standard InChI is InChI=1S/C24H25N3O5S/c1-16-25-20(15-33-16)17-4-3-5-19(12-17)26-24(29)18-6-7-21(22(13-18)30-2)32-14-23(28)27-8-10-31-11-9-27/h3-7,12-13,15H,8-11,14H2,1-2H3,(H,26,29). The van der Waals surface area contributed by atoms with E-state index in [-0.39, 0.29) is 18.4 Å². The average molecular weight is 468 g/mol. The molecular weight excluding hydrogens is 442 g/mol. The Kier molecular flexibility index (Phi) is 7.21. The maximum absolute atomic E-state index is 12.8. The summed E-state index contributed by atoms with van der Waals surface area (Å²) in [7, 11) is 1.49. The highest BCUT2D eigenvalue weighted by atomic mass is 32.1. The monoisotopic (exact) mass is 467 g/mol. The number of amides is 2. The van der Waals surface area contributed by atoms with Crippen LogP contribution in [0, 0.1) is 6.92 Å². The average Bonchev–Trinajstić information content (AvgIpc) is 3.29. The summed E-state index contributed by atoms with van der Waals surface area (Å²) in [4.78, 5) is 31.3. The Balaban J connectivity index is 1.41. The summed E-state index contributed by atoms with van der Waals surface area (Å²) in [5, 5.41) is 5.88. The molecule has 2 aromatic carbocycles. The first-order chi connectivity index (χ1) is 16.0. The topological polar surface area (TPSA) is 90.0 Å². The van der Waals surface area contributed by atoms with Gasteiger partial charge in [0.1, 0.15) is 0 Å². The number of benzene rings is 2. The number of thiazole rings is 1. The Labute approximate surface area is 196 Å². The molecule has 1 aromatic heterocycles. The molecule has 1 N–H and O–H groups in total. The fourth-order valence-electron chi connectivity index (χ4n) is 3.43. The lowest BCUT2D eigenvalue weighted by molar-refractivity contribution is -0.137. The van der Waals surface area contributed by atoms with Crippen molar-refractivity contribution in [3.05, 3.63) is 58.4 Å². The zero-order chi connectivity index (χ0) is 23.2. The van der Waals surface area contributed by atoms with Gasteiger partial charge in [0.05, 0.1) is 31.0 Å². The molecule has 0 atom stereocenters. The van der Waals surface area contributed by atoms with E-state index >= 15 is 0 Å². The summed E-state index contributed by atoms with van der Waals surface area (Å²) in [5.41, 5.74) is 2.89. The summed E-state index contributed by atoms with van der Waals surface area (Å²) in [5.74, 6) is 0.383. The van der Waals surface area contributed by atoms with Crippen LogP contribution in [0.5, 0.6) is 11.5 Å². The van der Waals surface area contributed by atoms with E-state index in [1.54, 1.807) is 34.4 Å². The summed E-state index contributed by atoms with van der Waals surface area (Å²) in [6, 6.07) is 12.4. The molecule has 0 saturated carbocycles. The first-order valence-corrected chi connectivity index (χ1v) is 11.4. The van der Waals surface area contributed by atoms with Gasteiger partial charge < -0.3 is 24.4 Å². The molecule has 0 bridgehead atoms. The number of aromatic nitrogens is 1. The lowest BCUT2D eigenvalue weighted by Gasteiger charge is -2.26. The van der Waals surface area contributed by atoms with Crippen molar-refractivity contribution in [2.45, 2.75) is 6.92 Å². The molecule has 1 aliphatic rings. The minimum Gasteiger partial charge on any atom is -0.493 e. The highest BCUT2D eigenvalue weighted by molar-refractivity contribution is 7.09. The van der Waals surface area contributed by atoms with Crippen molar-refractivity contribution in [2.24, 2.45) is 0 Å². The summed E-state index contributed by atoms with van der Waals surface area (Å²) in [6.07, 6.45) is 0. The van der Waals surface area contributed by atoms with Crippen LogP contribution in [0.4, 0.5) is 5.69 Å². The van der Waals surface area contributed by atoms with Crippen LogP contribution in [0.15, 0.2) is 47.8 Å². The van der Waals surface area contributed by atoms with E-state index in [0.29, 0.717) is 49.1 Å². The number of nitrogens with zero attached hydrogens (tertiary/aromatic N) is 2. The number of hydrogen-bond donors (Lipinski definition) is 1. The van der Waals surface area contributed by atoms with Crippen LogP contribution in [0.2, 0.25) is 0 Å². The SMILES string of the molecule is COc1cc(C(=O)Nc2cccc(-c3csc(C)n3)c2)ccc1OCC(=O)N1CCOCC1. The minimum absolute atomic E-state index is 0.106. The first kappa shape index (κ1) is 22.8. The number of hydrogen-bond acceptors (Lipinski definition) is 7.